The van der Waals surface area contributed by atoms with Crippen LogP contribution in [0.2, 0.25) is 0 Å². The van der Waals surface area contributed by atoms with Crippen LogP contribution in [0.5, 0.6) is 5.75 Å². The van der Waals surface area contributed by atoms with E-state index in [0.29, 0.717) is 61.3 Å². The quantitative estimate of drug-likeness (QED) is 0.0316. The number of pyridine rings is 1. The molecule has 3 aromatic rings. The van der Waals surface area contributed by atoms with Crippen molar-refractivity contribution in [2.45, 2.75) is 62.6 Å². The van der Waals surface area contributed by atoms with Crippen molar-refractivity contribution in [1.82, 2.24) is 60.6 Å². The summed E-state index contributed by atoms with van der Waals surface area (Å²) in [6.07, 6.45) is 2.29. The molecule has 3 fully saturated rings. The Bertz CT molecular complexity index is 3000. The zero-order chi connectivity index (χ0) is 65.9. The molecule has 0 unspecified atom stereocenters. The van der Waals surface area contributed by atoms with Crippen molar-refractivity contribution >= 4 is 82.0 Å². The van der Waals surface area contributed by atoms with Gasteiger partial charge in [0.1, 0.15) is 23.9 Å². The van der Waals surface area contributed by atoms with Gasteiger partial charge in [0.15, 0.2) is 0 Å². The number of nitriles is 1. The Morgan fingerprint density at radius 2 is 1.34 bits per heavy atom. The zero-order valence-electron chi connectivity index (χ0n) is 50.9. The SMILES string of the molecule is COC(=O)C[C@H](NC(=O)[C@H](CSCCNC(=O)CCCc1ccccc1)NC(=O)CN1CCN(CC(=O)O)CCN(CC(=O)O)CCN(CC(=O)O)CC1)C(=O)N1CCN(CCCOc2ccc3nccc(C(=O)NCC(=O)N4CC(F)(F)C[C@@H]4C#N)c3c2)CC1. The normalized spacial score (nSPS) is 17.9. The van der Waals surface area contributed by atoms with Crippen LogP contribution >= 0.6 is 11.8 Å². The number of rotatable bonds is 31. The molecule has 496 valence electrons. The topological polar surface area (TPSA) is 357 Å². The monoisotopic (exact) mass is 1290 g/mol. The largest absolute Gasteiger partial charge is 0.494 e. The molecule has 3 saturated heterocycles. The summed E-state index contributed by atoms with van der Waals surface area (Å²) in [5.41, 5.74) is 1.72. The molecular weight excluding hydrogens is 1210 g/mol. The van der Waals surface area contributed by atoms with Gasteiger partial charge in [-0.3, -0.25) is 77.4 Å². The van der Waals surface area contributed by atoms with Crippen molar-refractivity contribution in [2.75, 3.05) is 156 Å². The highest BCUT2D eigenvalue weighted by Gasteiger charge is 2.47. The van der Waals surface area contributed by atoms with E-state index in [2.05, 4.69) is 31.2 Å². The summed E-state index contributed by atoms with van der Waals surface area (Å²) in [5.74, 6) is -10.2. The van der Waals surface area contributed by atoms with E-state index in [1.165, 1.54) is 28.9 Å². The minimum atomic E-state index is -3.21. The number of hydrogen-bond acceptors (Lipinski definition) is 20. The number of carboxylic acids is 3. The maximum Gasteiger partial charge on any atom is 0.317 e. The Labute approximate surface area is 529 Å². The van der Waals surface area contributed by atoms with Gasteiger partial charge >= 0.3 is 23.9 Å². The molecule has 28 nitrogen and oxygen atoms in total. The number of aryl methyl sites for hydroxylation is 1. The predicted octanol–water partition coefficient (Wildman–Crippen LogP) is -0.482. The van der Waals surface area contributed by atoms with Gasteiger partial charge in [-0.25, -0.2) is 8.78 Å². The summed E-state index contributed by atoms with van der Waals surface area (Å²) in [6, 6.07) is 13.9. The van der Waals surface area contributed by atoms with E-state index < -0.39 is 103 Å². The number of fused-ring (bicyclic) bond motifs is 1. The summed E-state index contributed by atoms with van der Waals surface area (Å²) in [5, 5.41) is 49.5. The van der Waals surface area contributed by atoms with Gasteiger partial charge in [0, 0.05) is 128 Å². The van der Waals surface area contributed by atoms with Crippen molar-refractivity contribution in [3.63, 3.8) is 0 Å². The number of likely N-dealkylation sites (tertiary alicyclic amines) is 1. The van der Waals surface area contributed by atoms with Crippen LogP contribution in [0, 0.1) is 11.3 Å². The third kappa shape index (κ3) is 24.9. The van der Waals surface area contributed by atoms with Crippen LogP contribution in [0.3, 0.4) is 0 Å². The van der Waals surface area contributed by atoms with Gasteiger partial charge in [-0.2, -0.15) is 17.0 Å². The van der Waals surface area contributed by atoms with Gasteiger partial charge in [0.2, 0.25) is 29.5 Å². The fraction of sp³-hybridized carbons (Fsp3) is 0.567. The summed E-state index contributed by atoms with van der Waals surface area (Å²) in [4.78, 5) is 145. The molecule has 2 aromatic carbocycles. The zero-order valence-corrected chi connectivity index (χ0v) is 51.8. The van der Waals surface area contributed by atoms with Gasteiger partial charge in [0.25, 0.3) is 11.8 Å². The fourth-order valence-corrected chi connectivity index (χ4v) is 11.5. The number of methoxy groups -OCH3 is 1. The standard InChI is InChI=1S/C60H81F2N13O15S/c1-89-56(85)32-48(59(88)74-27-25-69(26-28-74)16-6-29-90-44-11-12-47-46(31-44)45(13-14-64-47)57(86)66-35-52(78)75-41-60(61,62)33-43(75)34-63)68-58(87)49(40-91-30-15-65-50(76)10-5-9-42-7-3-2-4-8-42)67-51(77)36-70-17-19-71(37-53(79)80)21-23-73(39-55(83)84)24-22-72(20-18-70)38-54(81)82/h2-4,7-8,11-14,31,43,48-49H,5-6,9-10,15-30,32-33,35-41H2,1H3,(H,65,76)(H,66,86)(H,67,77)(H,68,87)(H,79,80)(H,81,82)(H,83,84)/t43-,48+,49+/m1/s1. The van der Waals surface area contributed by atoms with Crippen LogP contribution in [-0.2, 0) is 54.3 Å². The Kier molecular flexibility index (Phi) is 29.0. The van der Waals surface area contributed by atoms with E-state index in [1.54, 1.807) is 43.9 Å². The second-order valence-electron chi connectivity index (χ2n) is 22.3. The number of esters is 1. The number of nitrogens with zero attached hydrogens (tertiary/aromatic N) is 9. The number of piperazine rings is 1. The van der Waals surface area contributed by atoms with Gasteiger partial charge < -0.3 is 55.9 Å². The van der Waals surface area contributed by atoms with Crippen LogP contribution in [0.25, 0.3) is 10.9 Å². The molecule has 0 spiro atoms. The molecule has 0 saturated carbocycles. The molecule has 3 atom stereocenters. The first kappa shape index (κ1) is 71.9. The van der Waals surface area contributed by atoms with Crippen LogP contribution < -0.4 is 26.0 Å². The Morgan fingerprint density at radius 1 is 0.736 bits per heavy atom. The van der Waals surface area contributed by atoms with Crippen molar-refractivity contribution in [2.24, 2.45) is 0 Å². The summed E-state index contributed by atoms with van der Waals surface area (Å²) >= 11 is 1.25. The maximum absolute atomic E-state index is 14.4. The highest BCUT2D eigenvalue weighted by molar-refractivity contribution is 7.99. The average molecular weight is 1290 g/mol. The van der Waals surface area contributed by atoms with Crippen LogP contribution in [0.4, 0.5) is 8.78 Å². The first-order valence-corrected chi connectivity index (χ1v) is 31.2. The minimum absolute atomic E-state index is 0.0337. The highest BCUT2D eigenvalue weighted by Crippen LogP contribution is 2.32. The third-order valence-corrected chi connectivity index (χ3v) is 16.5. The lowest BCUT2D eigenvalue weighted by Crippen LogP contribution is -2.59. The van der Waals surface area contributed by atoms with Gasteiger partial charge in [-0.15, -0.1) is 0 Å². The van der Waals surface area contributed by atoms with Gasteiger partial charge in [-0.1, -0.05) is 30.3 Å². The second kappa shape index (κ2) is 36.6. The van der Waals surface area contributed by atoms with Crippen molar-refractivity contribution in [3.8, 4) is 11.8 Å². The molecule has 0 aliphatic carbocycles. The molecule has 0 bridgehead atoms. The number of carbonyl (C=O) groups excluding carboxylic acids is 7. The maximum atomic E-state index is 14.4. The van der Waals surface area contributed by atoms with Crippen LogP contribution in [-0.4, -0.2) is 294 Å². The number of amides is 6. The molecule has 4 heterocycles. The van der Waals surface area contributed by atoms with E-state index in [9.17, 15) is 77.3 Å². The van der Waals surface area contributed by atoms with Crippen LogP contribution in [0.15, 0.2) is 60.8 Å². The van der Waals surface area contributed by atoms with E-state index in [1.807, 2.05) is 30.3 Å². The third-order valence-electron chi connectivity index (χ3n) is 15.5. The molecule has 6 amide bonds. The van der Waals surface area contributed by atoms with Crippen LogP contribution in [0.1, 0.15) is 48.0 Å². The molecule has 91 heavy (non-hydrogen) atoms. The molecule has 6 rings (SSSR count). The number of aliphatic carboxylic acids is 3. The minimum Gasteiger partial charge on any atom is -0.494 e. The number of carboxylic acid groups (broad SMARTS) is 3. The fourth-order valence-electron chi connectivity index (χ4n) is 10.6. The van der Waals surface area contributed by atoms with Crippen molar-refractivity contribution in [1.29, 1.82) is 5.26 Å². The molecule has 3 aliphatic heterocycles. The smallest absolute Gasteiger partial charge is 0.317 e. The lowest BCUT2D eigenvalue weighted by atomic mass is 10.1. The molecular formula is C60H81F2N13O15S. The summed E-state index contributed by atoms with van der Waals surface area (Å²) in [7, 11) is 1.14. The number of ether oxygens (including phenoxy) is 2. The average Bonchev–Trinajstić information content (AvgIpc) is 2.21. The lowest BCUT2D eigenvalue weighted by molar-refractivity contribution is -0.147. The number of alkyl halides is 2. The van der Waals surface area contributed by atoms with Gasteiger partial charge in [-0.05, 0) is 49.1 Å². The number of halogens is 2. The molecule has 0 radical (unpaired) electrons. The van der Waals surface area contributed by atoms with E-state index >= 15 is 0 Å². The first-order chi connectivity index (χ1) is 43.6. The van der Waals surface area contributed by atoms with E-state index in [0.717, 1.165) is 24.0 Å². The predicted molar refractivity (Wildman–Crippen MR) is 327 cm³/mol. The number of hydrogen-bond donors (Lipinski definition) is 7. The number of nitrogens with one attached hydrogen (secondary N) is 4. The van der Waals surface area contributed by atoms with E-state index in [-0.39, 0.29) is 122 Å². The van der Waals surface area contributed by atoms with Crippen molar-refractivity contribution < 1.29 is 81.5 Å². The van der Waals surface area contributed by atoms with Gasteiger partial charge in [0.05, 0.1) is 76.6 Å². The molecule has 31 heteroatoms. The summed E-state index contributed by atoms with van der Waals surface area (Å²) < 4.78 is 38.9. The van der Waals surface area contributed by atoms with E-state index in [4.69, 9.17) is 9.47 Å². The highest BCUT2D eigenvalue weighted by atomic mass is 32.2. The Hall–Kier alpha value is -8.15. The molecule has 7 N–H and O–H groups in total. The number of aromatic nitrogens is 1. The summed E-state index contributed by atoms with van der Waals surface area (Å²) in [6.45, 7) is 0.567. The van der Waals surface area contributed by atoms with Crippen molar-refractivity contribution in [3.05, 3.63) is 71.9 Å². The number of thioether (sulfide) groups is 1. The second-order valence-corrected chi connectivity index (χ2v) is 23.5. The lowest BCUT2D eigenvalue weighted by Gasteiger charge is -2.36. The first-order valence-electron chi connectivity index (χ1n) is 30.1. The number of carbonyl (C=O) groups is 10. The molecule has 3 aliphatic rings. The Balaban J connectivity index is 1.05. The molecule has 1 aromatic heterocycles. The number of benzene rings is 2. The Morgan fingerprint density at radius 3 is 1.93 bits per heavy atom.